The van der Waals surface area contributed by atoms with E-state index in [2.05, 4.69) is 12.2 Å². The Morgan fingerprint density at radius 2 is 2.19 bits per heavy atom. The van der Waals surface area contributed by atoms with Crippen molar-refractivity contribution in [3.8, 4) is 0 Å². The summed E-state index contributed by atoms with van der Waals surface area (Å²) in [4.78, 5) is 28.0. The highest BCUT2D eigenvalue weighted by Crippen LogP contribution is 2.42. The number of thioether (sulfide) groups is 1. The Labute approximate surface area is 170 Å². The maximum absolute atomic E-state index is 13.2. The topological polar surface area (TPSA) is 49.4 Å². The van der Waals surface area contributed by atoms with E-state index in [-0.39, 0.29) is 24.4 Å². The first-order valence-corrected chi connectivity index (χ1v) is 11.1. The van der Waals surface area contributed by atoms with Crippen molar-refractivity contribution in [1.82, 2.24) is 10.2 Å². The maximum atomic E-state index is 13.2. The lowest BCUT2D eigenvalue weighted by molar-refractivity contribution is -0.135. The van der Waals surface area contributed by atoms with Gasteiger partial charge in [0, 0.05) is 22.9 Å². The van der Waals surface area contributed by atoms with Crippen molar-refractivity contribution in [2.24, 2.45) is 0 Å². The minimum absolute atomic E-state index is 0.0335. The Kier molecular flexibility index (Phi) is 7.25. The van der Waals surface area contributed by atoms with Gasteiger partial charge < -0.3 is 10.2 Å². The lowest BCUT2D eigenvalue weighted by atomic mass is 9.93. The van der Waals surface area contributed by atoms with Crippen molar-refractivity contribution in [3.63, 3.8) is 0 Å². The standard InChI is InChI=1S/C21H27ClN2O2S/c1-2-3-11-23-20(25)14-24-17-9-4-5-10-18(17)27-19(21(24)26)13-15-7-6-8-16(22)12-15/h6-8,12-13,17-18H,2-5,9-11,14H2,1H3,(H,23,25)/b19-13+. The molecular weight excluding hydrogens is 380 g/mol. The van der Waals surface area contributed by atoms with Gasteiger partial charge in [0.05, 0.1) is 4.91 Å². The van der Waals surface area contributed by atoms with Gasteiger partial charge in [-0.1, -0.05) is 49.9 Å². The zero-order valence-electron chi connectivity index (χ0n) is 15.7. The van der Waals surface area contributed by atoms with E-state index >= 15 is 0 Å². The Hall–Kier alpha value is -1.46. The summed E-state index contributed by atoms with van der Waals surface area (Å²) >= 11 is 7.75. The molecule has 2 amide bonds. The third kappa shape index (κ3) is 5.29. The second kappa shape index (κ2) is 9.65. The molecule has 1 aliphatic carbocycles. The average Bonchev–Trinajstić information content (AvgIpc) is 2.65. The highest BCUT2D eigenvalue weighted by Gasteiger charge is 2.41. The van der Waals surface area contributed by atoms with Gasteiger partial charge in [0.1, 0.15) is 6.54 Å². The number of benzene rings is 1. The fourth-order valence-corrected chi connectivity index (χ4v) is 5.40. The fraction of sp³-hybridized carbons (Fsp3) is 0.524. The molecule has 2 atom stereocenters. The van der Waals surface area contributed by atoms with E-state index in [4.69, 9.17) is 11.6 Å². The van der Waals surface area contributed by atoms with Crippen molar-refractivity contribution in [2.45, 2.75) is 56.7 Å². The maximum Gasteiger partial charge on any atom is 0.261 e. The van der Waals surface area contributed by atoms with Crippen molar-refractivity contribution < 1.29 is 9.59 Å². The molecule has 3 rings (SSSR count). The zero-order valence-corrected chi connectivity index (χ0v) is 17.3. The highest BCUT2D eigenvalue weighted by atomic mass is 35.5. The first-order valence-electron chi connectivity index (χ1n) is 9.80. The molecule has 146 valence electrons. The van der Waals surface area contributed by atoms with Crippen LogP contribution in [0.2, 0.25) is 5.02 Å². The molecule has 2 fully saturated rings. The first-order chi connectivity index (χ1) is 13.1. The van der Waals surface area contributed by atoms with Crippen LogP contribution in [0.25, 0.3) is 6.08 Å². The van der Waals surface area contributed by atoms with E-state index in [1.165, 1.54) is 6.42 Å². The van der Waals surface area contributed by atoms with E-state index < -0.39 is 0 Å². The van der Waals surface area contributed by atoms with Gasteiger partial charge in [0.15, 0.2) is 0 Å². The van der Waals surface area contributed by atoms with Crippen molar-refractivity contribution in [1.29, 1.82) is 0 Å². The Bertz CT molecular complexity index is 722. The van der Waals surface area contributed by atoms with Gasteiger partial charge in [-0.15, -0.1) is 11.8 Å². The lowest BCUT2D eigenvalue weighted by Gasteiger charge is -2.43. The molecular formula is C21H27ClN2O2S. The number of rotatable bonds is 6. The smallest absolute Gasteiger partial charge is 0.261 e. The largest absolute Gasteiger partial charge is 0.355 e. The Morgan fingerprint density at radius 3 is 2.96 bits per heavy atom. The van der Waals surface area contributed by atoms with Crippen LogP contribution in [0.3, 0.4) is 0 Å². The van der Waals surface area contributed by atoms with Gasteiger partial charge >= 0.3 is 0 Å². The molecule has 2 aliphatic rings. The molecule has 0 spiro atoms. The van der Waals surface area contributed by atoms with Crippen LogP contribution in [0.5, 0.6) is 0 Å². The number of hydrogen-bond donors (Lipinski definition) is 1. The van der Waals surface area contributed by atoms with Crippen LogP contribution in [0, 0.1) is 0 Å². The number of unbranched alkanes of at least 4 members (excludes halogenated alkanes) is 1. The molecule has 1 saturated carbocycles. The molecule has 1 N–H and O–H groups in total. The van der Waals surface area contributed by atoms with E-state index in [0.29, 0.717) is 21.7 Å². The van der Waals surface area contributed by atoms with Crippen LogP contribution in [0.4, 0.5) is 0 Å². The number of nitrogens with one attached hydrogen (secondary N) is 1. The third-order valence-electron chi connectivity index (χ3n) is 5.13. The number of amides is 2. The Balaban J connectivity index is 1.79. The summed E-state index contributed by atoms with van der Waals surface area (Å²) in [5, 5.41) is 3.96. The summed E-state index contributed by atoms with van der Waals surface area (Å²) in [5.74, 6) is -0.0936. The van der Waals surface area contributed by atoms with Crippen LogP contribution in [0.15, 0.2) is 29.2 Å². The quantitative estimate of drug-likeness (QED) is 0.559. The molecule has 1 aromatic rings. The minimum Gasteiger partial charge on any atom is -0.355 e. The van der Waals surface area contributed by atoms with E-state index in [1.807, 2.05) is 30.3 Å². The molecule has 1 heterocycles. The summed E-state index contributed by atoms with van der Waals surface area (Å²) in [5.41, 5.74) is 0.917. The minimum atomic E-state index is -0.0601. The fourth-order valence-electron chi connectivity index (χ4n) is 3.72. The normalized spacial score (nSPS) is 24.0. The number of carbonyl (C=O) groups is 2. The molecule has 27 heavy (non-hydrogen) atoms. The second-order valence-electron chi connectivity index (χ2n) is 7.21. The molecule has 1 aliphatic heterocycles. The van der Waals surface area contributed by atoms with Crippen LogP contribution in [-0.4, -0.2) is 41.1 Å². The SMILES string of the molecule is CCCCNC(=O)CN1C(=O)/C(=C\c2cccc(Cl)c2)SC2CCCCC21. The molecule has 0 bridgehead atoms. The van der Waals surface area contributed by atoms with Gasteiger partial charge in [0.2, 0.25) is 5.91 Å². The summed E-state index contributed by atoms with van der Waals surface area (Å²) in [6, 6.07) is 7.67. The van der Waals surface area contributed by atoms with Gasteiger partial charge in [-0.2, -0.15) is 0 Å². The van der Waals surface area contributed by atoms with Crippen molar-refractivity contribution in [3.05, 3.63) is 39.8 Å². The molecule has 0 radical (unpaired) electrons. The molecule has 0 aromatic heterocycles. The molecule has 1 aromatic carbocycles. The van der Waals surface area contributed by atoms with Gasteiger partial charge in [-0.25, -0.2) is 0 Å². The van der Waals surface area contributed by atoms with Crippen LogP contribution >= 0.6 is 23.4 Å². The summed E-state index contributed by atoms with van der Waals surface area (Å²) in [6.07, 6.45) is 8.28. The van der Waals surface area contributed by atoms with Crippen molar-refractivity contribution >= 4 is 41.3 Å². The lowest BCUT2D eigenvalue weighted by Crippen LogP contribution is -2.54. The predicted molar refractivity (Wildman–Crippen MR) is 113 cm³/mol. The van der Waals surface area contributed by atoms with E-state index in [9.17, 15) is 9.59 Å². The molecule has 4 nitrogen and oxygen atoms in total. The first kappa shape index (κ1) is 20.3. The van der Waals surface area contributed by atoms with Crippen LogP contribution in [0.1, 0.15) is 51.0 Å². The van der Waals surface area contributed by atoms with Crippen LogP contribution in [-0.2, 0) is 9.59 Å². The molecule has 6 heteroatoms. The van der Waals surface area contributed by atoms with E-state index in [1.54, 1.807) is 16.7 Å². The molecule has 1 saturated heterocycles. The molecule has 2 unspecified atom stereocenters. The second-order valence-corrected chi connectivity index (χ2v) is 8.93. The number of carbonyl (C=O) groups excluding carboxylic acids is 2. The highest BCUT2D eigenvalue weighted by molar-refractivity contribution is 8.04. The average molecular weight is 407 g/mol. The number of halogens is 1. The number of nitrogens with zero attached hydrogens (tertiary/aromatic N) is 1. The van der Waals surface area contributed by atoms with Crippen LogP contribution < -0.4 is 5.32 Å². The van der Waals surface area contributed by atoms with Gasteiger partial charge in [0.25, 0.3) is 5.91 Å². The summed E-state index contributed by atoms with van der Waals surface area (Å²) in [6.45, 7) is 2.92. The van der Waals surface area contributed by atoms with E-state index in [0.717, 1.165) is 37.7 Å². The monoisotopic (exact) mass is 406 g/mol. The van der Waals surface area contributed by atoms with Crippen molar-refractivity contribution in [2.75, 3.05) is 13.1 Å². The number of hydrogen-bond acceptors (Lipinski definition) is 3. The third-order valence-corrected chi connectivity index (χ3v) is 6.77. The van der Waals surface area contributed by atoms with Gasteiger partial charge in [-0.05, 0) is 43.0 Å². The Morgan fingerprint density at radius 1 is 1.37 bits per heavy atom. The zero-order chi connectivity index (χ0) is 19.2. The predicted octanol–water partition coefficient (Wildman–Crippen LogP) is 4.48. The summed E-state index contributed by atoms with van der Waals surface area (Å²) < 4.78 is 0. The number of fused-ring (bicyclic) bond motifs is 1. The summed E-state index contributed by atoms with van der Waals surface area (Å²) in [7, 11) is 0. The van der Waals surface area contributed by atoms with Gasteiger partial charge in [-0.3, -0.25) is 9.59 Å².